The smallest absolute Gasteiger partial charge is 0.157 e. The van der Waals surface area contributed by atoms with Crippen LogP contribution in [0, 0.1) is 0 Å². The van der Waals surface area contributed by atoms with Crippen LogP contribution in [-0.2, 0) is 0 Å². The molecule has 84 valence electrons. The normalized spacial score (nSPS) is 21.6. The zero-order valence-electron chi connectivity index (χ0n) is 9.44. The number of nitrogens with one attached hydrogen (secondary N) is 1. The monoisotopic (exact) mass is 216 g/mol. The van der Waals surface area contributed by atoms with Gasteiger partial charge in [-0.25, -0.2) is 0 Å². The minimum absolute atomic E-state index is 0.541. The molecule has 0 unspecified atom stereocenters. The molecule has 0 spiro atoms. The van der Waals surface area contributed by atoms with E-state index in [9.17, 15) is 0 Å². The third-order valence-corrected chi connectivity index (χ3v) is 3.17. The first-order valence-electron chi connectivity index (χ1n) is 5.79. The van der Waals surface area contributed by atoms with Crippen molar-refractivity contribution in [2.45, 2.75) is 13.0 Å². The molecule has 1 saturated heterocycles. The first kappa shape index (κ1) is 9.73. The molecule has 2 heterocycles. The second-order valence-electron chi connectivity index (χ2n) is 4.42. The highest BCUT2D eigenvalue weighted by Gasteiger charge is 2.18. The summed E-state index contributed by atoms with van der Waals surface area (Å²) in [5.41, 5.74) is 2.23. The molecule has 1 N–H and O–H groups in total. The number of para-hydroxylation sites is 1. The fourth-order valence-corrected chi connectivity index (χ4v) is 2.38. The van der Waals surface area contributed by atoms with E-state index in [0.29, 0.717) is 6.04 Å². The highest BCUT2D eigenvalue weighted by Crippen LogP contribution is 2.28. The van der Waals surface area contributed by atoms with Gasteiger partial charge in [0.05, 0.1) is 12.0 Å². The van der Waals surface area contributed by atoms with E-state index >= 15 is 0 Å². The van der Waals surface area contributed by atoms with Gasteiger partial charge in [-0.3, -0.25) is 0 Å². The molecule has 1 aliphatic heterocycles. The maximum Gasteiger partial charge on any atom is 0.157 e. The number of furan rings is 1. The Morgan fingerprint density at radius 3 is 3.19 bits per heavy atom. The lowest BCUT2D eigenvalue weighted by Crippen LogP contribution is -2.49. The van der Waals surface area contributed by atoms with Crippen molar-refractivity contribution in [1.82, 2.24) is 5.32 Å². The number of piperazine rings is 1. The molecule has 1 aliphatic rings. The lowest BCUT2D eigenvalue weighted by atomic mass is 10.1. The molecule has 0 amide bonds. The minimum Gasteiger partial charge on any atom is -0.462 e. The quantitative estimate of drug-likeness (QED) is 0.792. The van der Waals surface area contributed by atoms with Crippen molar-refractivity contribution >= 4 is 16.7 Å². The Hall–Kier alpha value is -1.48. The third kappa shape index (κ3) is 1.57. The molecule has 1 aromatic heterocycles. The van der Waals surface area contributed by atoms with Gasteiger partial charge in [0, 0.05) is 31.1 Å². The maximum absolute atomic E-state index is 5.58. The standard InChI is InChI=1S/C13H16N2O/c1-10-9-15(7-6-14-10)12-4-2-3-11-5-8-16-13(11)12/h2-5,8,10,14H,6-7,9H2,1H3/t10-/m1/s1. The van der Waals surface area contributed by atoms with Gasteiger partial charge in [0.2, 0.25) is 0 Å². The number of fused-ring (bicyclic) bond motifs is 1. The van der Waals surface area contributed by atoms with Crippen molar-refractivity contribution in [3.05, 3.63) is 30.5 Å². The van der Waals surface area contributed by atoms with Crippen LogP contribution in [0.1, 0.15) is 6.92 Å². The molecule has 1 atom stereocenters. The first-order valence-corrected chi connectivity index (χ1v) is 5.79. The van der Waals surface area contributed by atoms with Crippen LogP contribution in [0.5, 0.6) is 0 Å². The molecule has 1 aromatic carbocycles. The van der Waals surface area contributed by atoms with Gasteiger partial charge in [0.1, 0.15) is 0 Å². The molecule has 1 fully saturated rings. The molecular weight excluding hydrogens is 200 g/mol. The largest absolute Gasteiger partial charge is 0.462 e. The third-order valence-electron chi connectivity index (χ3n) is 3.17. The fourth-order valence-electron chi connectivity index (χ4n) is 2.38. The molecule has 2 aromatic rings. The van der Waals surface area contributed by atoms with Gasteiger partial charge in [-0.15, -0.1) is 0 Å². The number of nitrogens with zero attached hydrogens (tertiary/aromatic N) is 1. The molecule has 3 rings (SSSR count). The summed E-state index contributed by atoms with van der Waals surface area (Å²) in [4.78, 5) is 2.40. The summed E-state index contributed by atoms with van der Waals surface area (Å²) < 4.78 is 5.58. The predicted octanol–water partition coefficient (Wildman–Crippen LogP) is 2.23. The van der Waals surface area contributed by atoms with E-state index in [2.05, 4.69) is 35.3 Å². The van der Waals surface area contributed by atoms with Crippen molar-refractivity contribution in [1.29, 1.82) is 0 Å². The van der Waals surface area contributed by atoms with E-state index < -0.39 is 0 Å². The van der Waals surface area contributed by atoms with Gasteiger partial charge in [0.25, 0.3) is 0 Å². The molecule has 16 heavy (non-hydrogen) atoms. The molecule has 0 radical (unpaired) electrons. The van der Waals surface area contributed by atoms with Crippen molar-refractivity contribution in [2.24, 2.45) is 0 Å². The molecule has 3 heteroatoms. The summed E-state index contributed by atoms with van der Waals surface area (Å²) in [5, 5.41) is 4.64. The number of hydrogen-bond acceptors (Lipinski definition) is 3. The van der Waals surface area contributed by atoms with E-state index in [1.807, 2.05) is 6.07 Å². The Morgan fingerprint density at radius 1 is 1.38 bits per heavy atom. The van der Waals surface area contributed by atoms with Gasteiger partial charge in [0.15, 0.2) is 5.58 Å². The highest BCUT2D eigenvalue weighted by molar-refractivity contribution is 5.89. The zero-order chi connectivity index (χ0) is 11.0. The summed E-state index contributed by atoms with van der Waals surface area (Å²) in [6.45, 7) is 5.34. The Labute approximate surface area is 95.0 Å². The Kier molecular flexibility index (Phi) is 2.33. The van der Waals surface area contributed by atoms with Crippen LogP contribution in [0.4, 0.5) is 5.69 Å². The van der Waals surface area contributed by atoms with Crippen molar-refractivity contribution in [3.63, 3.8) is 0 Å². The van der Waals surface area contributed by atoms with Crippen molar-refractivity contribution in [3.8, 4) is 0 Å². The SMILES string of the molecule is C[C@@H]1CN(c2cccc3ccoc23)CCN1. The Bertz CT molecular complexity index is 491. The maximum atomic E-state index is 5.58. The van der Waals surface area contributed by atoms with Gasteiger partial charge in [-0.05, 0) is 19.1 Å². The van der Waals surface area contributed by atoms with Gasteiger partial charge in [-0.1, -0.05) is 12.1 Å². The topological polar surface area (TPSA) is 28.4 Å². The Morgan fingerprint density at radius 2 is 2.31 bits per heavy atom. The number of anilines is 1. The number of benzene rings is 1. The van der Waals surface area contributed by atoms with E-state index in [1.54, 1.807) is 6.26 Å². The lowest BCUT2D eigenvalue weighted by Gasteiger charge is -2.33. The average Bonchev–Trinajstić information content (AvgIpc) is 2.76. The van der Waals surface area contributed by atoms with E-state index in [4.69, 9.17) is 4.42 Å². The predicted molar refractivity (Wildman–Crippen MR) is 65.9 cm³/mol. The van der Waals surface area contributed by atoms with E-state index in [1.165, 1.54) is 11.1 Å². The number of rotatable bonds is 1. The average molecular weight is 216 g/mol. The van der Waals surface area contributed by atoms with Crippen molar-refractivity contribution < 1.29 is 4.42 Å². The summed E-state index contributed by atoms with van der Waals surface area (Å²) in [6, 6.07) is 8.89. The summed E-state index contributed by atoms with van der Waals surface area (Å²) in [6.07, 6.45) is 1.76. The second-order valence-corrected chi connectivity index (χ2v) is 4.42. The van der Waals surface area contributed by atoms with Gasteiger partial charge in [-0.2, -0.15) is 0 Å². The Balaban J connectivity index is 2.01. The van der Waals surface area contributed by atoms with E-state index in [-0.39, 0.29) is 0 Å². The fraction of sp³-hybridized carbons (Fsp3) is 0.385. The van der Waals surface area contributed by atoms with Crippen LogP contribution >= 0.6 is 0 Å². The summed E-state index contributed by atoms with van der Waals surface area (Å²) >= 11 is 0. The van der Waals surface area contributed by atoms with Crippen LogP contribution in [-0.4, -0.2) is 25.7 Å². The van der Waals surface area contributed by atoms with Crippen LogP contribution in [0.25, 0.3) is 11.0 Å². The first-order chi connectivity index (χ1) is 7.84. The van der Waals surface area contributed by atoms with E-state index in [0.717, 1.165) is 25.2 Å². The highest BCUT2D eigenvalue weighted by atomic mass is 16.3. The number of hydrogen-bond donors (Lipinski definition) is 1. The molecule has 0 bridgehead atoms. The minimum atomic E-state index is 0.541. The molecule has 0 aliphatic carbocycles. The lowest BCUT2D eigenvalue weighted by molar-refractivity contribution is 0.483. The van der Waals surface area contributed by atoms with Crippen LogP contribution in [0.3, 0.4) is 0 Å². The van der Waals surface area contributed by atoms with Crippen LogP contribution < -0.4 is 10.2 Å². The van der Waals surface area contributed by atoms with Crippen LogP contribution in [0.15, 0.2) is 34.9 Å². The van der Waals surface area contributed by atoms with Gasteiger partial charge >= 0.3 is 0 Å². The zero-order valence-corrected chi connectivity index (χ0v) is 9.44. The summed E-state index contributed by atoms with van der Waals surface area (Å²) in [7, 11) is 0. The molecular formula is C13H16N2O. The molecule has 0 saturated carbocycles. The van der Waals surface area contributed by atoms with Crippen molar-refractivity contribution in [2.75, 3.05) is 24.5 Å². The van der Waals surface area contributed by atoms with Gasteiger partial charge < -0.3 is 14.6 Å². The van der Waals surface area contributed by atoms with Crippen LogP contribution in [0.2, 0.25) is 0 Å². The summed E-state index contributed by atoms with van der Waals surface area (Å²) in [5.74, 6) is 0. The molecule has 3 nitrogen and oxygen atoms in total. The second kappa shape index (κ2) is 3.83.